The molecule has 1 saturated heterocycles. The third-order valence-corrected chi connectivity index (χ3v) is 6.78. The number of amides is 1. The molecule has 0 bridgehead atoms. The van der Waals surface area contributed by atoms with E-state index in [2.05, 4.69) is 18.2 Å². The van der Waals surface area contributed by atoms with Crippen LogP contribution in [0, 0.1) is 5.92 Å². The summed E-state index contributed by atoms with van der Waals surface area (Å²) in [7, 11) is 0. The van der Waals surface area contributed by atoms with Crippen LogP contribution in [0.25, 0.3) is 10.2 Å². The van der Waals surface area contributed by atoms with E-state index < -0.39 is 0 Å². The van der Waals surface area contributed by atoms with Crippen LogP contribution in [-0.4, -0.2) is 28.9 Å². The van der Waals surface area contributed by atoms with E-state index in [0.29, 0.717) is 5.92 Å². The number of hydrogen-bond acceptors (Lipinski definition) is 4. The lowest BCUT2D eigenvalue weighted by Gasteiger charge is -2.34. The summed E-state index contributed by atoms with van der Waals surface area (Å²) in [5.41, 5.74) is 8.45. The number of carbonyl (C=O) groups is 1. The molecule has 2 heterocycles. The highest BCUT2D eigenvalue weighted by atomic mass is 32.1. The zero-order valence-corrected chi connectivity index (χ0v) is 16.4. The Kier molecular flexibility index (Phi) is 5.23. The molecular formula is C22H25N3OS. The topological polar surface area (TPSA) is 59.2 Å². The van der Waals surface area contributed by atoms with Gasteiger partial charge in [0.1, 0.15) is 0 Å². The normalized spacial score (nSPS) is 17.8. The number of nitrogens with zero attached hydrogens (tertiary/aromatic N) is 2. The van der Waals surface area contributed by atoms with E-state index in [1.54, 1.807) is 11.3 Å². The molecule has 2 aromatic carbocycles. The van der Waals surface area contributed by atoms with Gasteiger partial charge in [-0.05, 0) is 30.5 Å². The summed E-state index contributed by atoms with van der Waals surface area (Å²) in [4.78, 5) is 19.7. The minimum absolute atomic E-state index is 0.161. The number of para-hydroxylation sites is 1. The second kappa shape index (κ2) is 7.79. The first-order chi connectivity index (χ1) is 13.1. The molecule has 140 valence electrons. The number of aromatic nitrogens is 1. The largest absolute Gasteiger partial charge is 0.342 e. The molecule has 0 spiro atoms. The molecule has 1 aromatic heterocycles. The molecule has 1 fully saturated rings. The molecule has 27 heavy (non-hydrogen) atoms. The fourth-order valence-corrected chi connectivity index (χ4v) is 4.95. The van der Waals surface area contributed by atoms with Gasteiger partial charge in [0.25, 0.3) is 0 Å². The van der Waals surface area contributed by atoms with Crippen LogP contribution in [0.2, 0.25) is 0 Å². The fourth-order valence-electron chi connectivity index (χ4n) is 3.82. The van der Waals surface area contributed by atoms with Crippen LogP contribution >= 0.6 is 11.3 Å². The second-order valence-corrected chi connectivity index (χ2v) is 8.41. The highest BCUT2D eigenvalue weighted by Gasteiger charge is 2.30. The third-order valence-electron chi connectivity index (χ3n) is 5.58. The van der Waals surface area contributed by atoms with Crippen LogP contribution in [0.15, 0.2) is 54.6 Å². The van der Waals surface area contributed by atoms with Crippen molar-refractivity contribution in [2.24, 2.45) is 11.7 Å². The van der Waals surface area contributed by atoms with Crippen molar-refractivity contribution in [1.29, 1.82) is 0 Å². The van der Waals surface area contributed by atoms with Crippen LogP contribution < -0.4 is 5.73 Å². The van der Waals surface area contributed by atoms with Crippen molar-refractivity contribution >= 4 is 27.5 Å². The van der Waals surface area contributed by atoms with E-state index >= 15 is 0 Å². The first-order valence-corrected chi connectivity index (χ1v) is 10.4. The number of benzene rings is 2. The monoisotopic (exact) mass is 379 g/mol. The van der Waals surface area contributed by atoms with Crippen LogP contribution in [0.3, 0.4) is 0 Å². The first kappa shape index (κ1) is 18.1. The van der Waals surface area contributed by atoms with E-state index in [4.69, 9.17) is 10.7 Å². The fraction of sp³-hybridized carbons (Fsp3) is 0.364. The lowest BCUT2D eigenvalue weighted by atomic mass is 9.92. The van der Waals surface area contributed by atoms with Crippen molar-refractivity contribution < 1.29 is 4.79 Å². The van der Waals surface area contributed by atoms with Gasteiger partial charge in [-0.3, -0.25) is 4.79 Å². The average molecular weight is 380 g/mol. The predicted molar refractivity (Wildman–Crippen MR) is 111 cm³/mol. The van der Waals surface area contributed by atoms with Gasteiger partial charge in [-0.2, -0.15) is 0 Å². The Morgan fingerprint density at radius 2 is 1.78 bits per heavy atom. The van der Waals surface area contributed by atoms with E-state index in [0.717, 1.165) is 37.0 Å². The van der Waals surface area contributed by atoms with Crippen molar-refractivity contribution in [2.45, 2.75) is 31.7 Å². The lowest BCUT2D eigenvalue weighted by Crippen LogP contribution is -2.43. The van der Waals surface area contributed by atoms with Crippen LogP contribution in [0.5, 0.6) is 0 Å². The van der Waals surface area contributed by atoms with Gasteiger partial charge in [0.2, 0.25) is 5.91 Å². The number of piperidine rings is 1. The standard InChI is InChI=1S/C22H25N3OS/c1-15(20(23)16-7-3-2-4-8-16)22(26)25-13-11-17(12-14-25)21-24-18-9-5-6-10-19(18)27-21/h2-10,15,17,20H,11-14,23H2,1H3. The second-order valence-electron chi connectivity index (χ2n) is 7.34. The number of fused-ring (bicyclic) bond motifs is 1. The van der Waals surface area contributed by atoms with Gasteiger partial charge < -0.3 is 10.6 Å². The number of hydrogen-bond donors (Lipinski definition) is 1. The molecule has 1 aliphatic heterocycles. The van der Waals surface area contributed by atoms with Gasteiger partial charge in [-0.15, -0.1) is 11.3 Å². The third kappa shape index (κ3) is 3.75. The van der Waals surface area contributed by atoms with Gasteiger partial charge in [0.15, 0.2) is 0 Å². The molecule has 3 aromatic rings. The van der Waals surface area contributed by atoms with Crippen LogP contribution in [-0.2, 0) is 4.79 Å². The minimum atomic E-state index is -0.263. The zero-order chi connectivity index (χ0) is 18.8. The van der Waals surface area contributed by atoms with Crippen molar-refractivity contribution in [3.8, 4) is 0 Å². The highest BCUT2D eigenvalue weighted by Crippen LogP contribution is 2.34. The Balaban J connectivity index is 1.39. The Bertz CT molecular complexity index is 882. The van der Waals surface area contributed by atoms with Gasteiger partial charge in [-0.1, -0.05) is 49.4 Å². The van der Waals surface area contributed by atoms with Gasteiger partial charge in [0, 0.05) is 25.0 Å². The Hall–Kier alpha value is -2.24. The summed E-state index contributed by atoms with van der Waals surface area (Å²) in [5.74, 6) is 0.394. The van der Waals surface area contributed by atoms with Crippen molar-refractivity contribution in [2.75, 3.05) is 13.1 Å². The summed E-state index contributed by atoms with van der Waals surface area (Å²) >= 11 is 1.79. The Morgan fingerprint density at radius 1 is 1.11 bits per heavy atom. The quantitative estimate of drug-likeness (QED) is 0.734. The smallest absolute Gasteiger partial charge is 0.227 e. The van der Waals surface area contributed by atoms with E-state index in [1.165, 1.54) is 9.71 Å². The molecule has 4 nitrogen and oxygen atoms in total. The molecule has 5 heteroatoms. The highest BCUT2D eigenvalue weighted by molar-refractivity contribution is 7.18. The number of thiazole rings is 1. The van der Waals surface area contributed by atoms with Crippen molar-refractivity contribution in [1.82, 2.24) is 9.88 Å². The summed E-state index contributed by atoms with van der Waals surface area (Å²) in [6.07, 6.45) is 1.94. The molecule has 4 rings (SSSR count). The maximum absolute atomic E-state index is 12.9. The maximum atomic E-state index is 12.9. The molecule has 0 aliphatic carbocycles. The molecule has 1 amide bonds. The summed E-state index contributed by atoms with van der Waals surface area (Å²) in [6.45, 7) is 3.51. The molecular weight excluding hydrogens is 354 g/mol. The van der Waals surface area contributed by atoms with E-state index in [9.17, 15) is 4.79 Å². The number of nitrogens with two attached hydrogens (primary N) is 1. The number of carbonyl (C=O) groups excluding carboxylic acids is 1. The first-order valence-electron chi connectivity index (χ1n) is 9.58. The van der Waals surface area contributed by atoms with Crippen molar-refractivity contribution in [3.63, 3.8) is 0 Å². The number of likely N-dealkylation sites (tertiary alicyclic amines) is 1. The molecule has 2 unspecified atom stereocenters. The van der Waals surface area contributed by atoms with Gasteiger partial charge in [0.05, 0.1) is 21.1 Å². The van der Waals surface area contributed by atoms with E-state index in [-0.39, 0.29) is 17.9 Å². The SMILES string of the molecule is CC(C(=O)N1CCC(c2nc3ccccc3s2)CC1)C(N)c1ccccc1. The number of rotatable bonds is 4. The van der Waals surface area contributed by atoms with Gasteiger partial charge in [-0.25, -0.2) is 4.98 Å². The molecule has 2 N–H and O–H groups in total. The molecule has 0 radical (unpaired) electrons. The lowest BCUT2D eigenvalue weighted by molar-refractivity contribution is -0.136. The molecule has 1 aliphatic rings. The molecule has 0 saturated carbocycles. The van der Waals surface area contributed by atoms with Gasteiger partial charge >= 0.3 is 0 Å². The van der Waals surface area contributed by atoms with E-state index in [1.807, 2.05) is 48.2 Å². The van der Waals surface area contributed by atoms with Crippen LogP contribution in [0.1, 0.15) is 42.3 Å². The zero-order valence-electron chi connectivity index (χ0n) is 15.5. The van der Waals surface area contributed by atoms with Crippen molar-refractivity contribution in [3.05, 3.63) is 65.2 Å². The Morgan fingerprint density at radius 3 is 2.48 bits per heavy atom. The molecule has 2 atom stereocenters. The summed E-state index contributed by atoms with van der Waals surface area (Å²) in [5, 5.41) is 1.21. The average Bonchev–Trinajstić information content (AvgIpc) is 3.17. The van der Waals surface area contributed by atoms with Crippen LogP contribution in [0.4, 0.5) is 0 Å². The maximum Gasteiger partial charge on any atom is 0.227 e. The minimum Gasteiger partial charge on any atom is -0.342 e. The summed E-state index contributed by atoms with van der Waals surface area (Å²) in [6, 6.07) is 17.9. The summed E-state index contributed by atoms with van der Waals surface area (Å²) < 4.78 is 1.24. The Labute approximate surface area is 164 Å². The predicted octanol–water partition coefficient (Wildman–Crippen LogP) is 4.34.